The molecule has 158 valence electrons. The number of nitrogens with two attached hydrogens (primary N) is 1. The van der Waals surface area contributed by atoms with Gasteiger partial charge in [-0.25, -0.2) is 10.4 Å². The average molecular weight is 405 g/mol. The van der Waals surface area contributed by atoms with Crippen molar-refractivity contribution in [2.75, 3.05) is 32.8 Å². The van der Waals surface area contributed by atoms with Crippen molar-refractivity contribution >= 4 is 5.91 Å². The van der Waals surface area contributed by atoms with E-state index in [-0.39, 0.29) is 18.0 Å². The number of amides is 1. The van der Waals surface area contributed by atoms with Gasteiger partial charge in [0.1, 0.15) is 6.61 Å². The monoisotopic (exact) mass is 405 g/mol. The topological polar surface area (TPSA) is 127 Å². The molecule has 0 saturated carbocycles. The van der Waals surface area contributed by atoms with Gasteiger partial charge in [0, 0.05) is 26.1 Å². The number of halogens is 3. The molecular weight excluding hydrogens is 379 g/mol. The zero-order chi connectivity index (χ0) is 20.3. The van der Waals surface area contributed by atoms with E-state index >= 15 is 0 Å². The van der Waals surface area contributed by atoms with Gasteiger partial charge in [-0.15, -0.1) is 0 Å². The SMILES string of the molecule is N#CCC1CNC2C(C(=O)NC3CNCCC3OCC(F)(F)F)C(N)NN2C1. The fourth-order valence-electron chi connectivity index (χ4n) is 4.01. The highest BCUT2D eigenvalue weighted by Crippen LogP contribution is 2.25. The maximum Gasteiger partial charge on any atom is 0.411 e. The summed E-state index contributed by atoms with van der Waals surface area (Å²) in [4.78, 5) is 12.9. The average Bonchev–Trinajstić information content (AvgIpc) is 2.95. The van der Waals surface area contributed by atoms with Gasteiger partial charge in [0.2, 0.25) is 5.91 Å². The molecule has 3 saturated heterocycles. The van der Waals surface area contributed by atoms with Gasteiger partial charge in [-0.05, 0) is 18.9 Å². The van der Waals surface area contributed by atoms with Gasteiger partial charge in [-0.2, -0.15) is 18.4 Å². The van der Waals surface area contributed by atoms with Crippen LogP contribution < -0.4 is 27.1 Å². The first kappa shape index (κ1) is 21.2. The first-order valence-corrected chi connectivity index (χ1v) is 9.36. The number of hydrazine groups is 1. The number of hydrogen-bond acceptors (Lipinski definition) is 8. The van der Waals surface area contributed by atoms with E-state index in [4.69, 9.17) is 15.7 Å². The Hall–Kier alpha value is -1.49. The van der Waals surface area contributed by atoms with E-state index in [2.05, 4.69) is 27.4 Å². The summed E-state index contributed by atoms with van der Waals surface area (Å²) in [7, 11) is 0. The summed E-state index contributed by atoms with van der Waals surface area (Å²) < 4.78 is 42.5. The first-order valence-electron chi connectivity index (χ1n) is 9.36. The van der Waals surface area contributed by atoms with E-state index in [0.29, 0.717) is 39.0 Å². The first-order chi connectivity index (χ1) is 13.3. The standard InChI is InChI=1S/C16H26F3N7O2/c17-16(18,19)8-28-11-2-4-22-6-10(11)24-15(27)12-13(21)25-26-7-9(1-3-20)5-23-14(12)26/h9-14,22-23,25H,1-2,4-8,21H2,(H,24,27). The summed E-state index contributed by atoms with van der Waals surface area (Å²) >= 11 is 0. The smallest absolute Gasteiger partial charge is 0.367 e. The molecule has 6 unspecified atom stereocenters. The molecule has 3 heterocycles. The van der Waals surface area contributed by atoms with E-state index in [1.54, 1.807) is 0 Å². The Labute approximate surface area is 161 Å². The second-order valence-electron chi connectivity index (χ2n) is 7.49. The van der Waals surface area contributed by atoms with Crippen LogP contribution in [0.1, 0.15) is 12.8 Å². The predicted molar refractivity (Wildman–Crippen MR) is 92.0 cm³/mol. The van der Waals surface area contributed by atoms with Gasteiger partial charge < -0.3 is 21.1 Å². The highest BCUT2D eigenvalue weighted by molar-refractivity contribution is 5.80. The Morgan fingerprint density at radius 3 is 2.89 bits per heavy atom. The fraction of sp³-hybridized carbons (Fsp3) is 0.875. The van der Waals surface area contributed by atoms with E-state index in [1.807, 2.05) is 5.01 Å². The molecule has 3 rings (SSSR count). The summed E-state index contributed by atoms with van der Waals surface area (Å²) in [5.74, 6) is -0.827. The van der Waals surface area contributed by atoms with Crippen LogP contribution in [0.15, 0.2) is 0 Å². The van der Waals surface area contributed by atoms with Crippen LogP contribution in [0.2, 0.25) is 0 Å². The van der Waals surface area contributed by atoms with Crippen LogP contribution in [0.3, 0.4) is 0 Å². The maximum absolute atomic E-state index is 12.9. The van der Waals surface area contributed by atoms with Gasteiger partial charge in [0.25, 0.3) is 0 Å². The lowest BCUT2D eigenvalue weighted by Crippen LogP contribution is -2.61. The fourth-order valence-corrected chi connectivity index (χ4v) is 4.01. The van der Waals surface area contributed by atoms with Crippen LogP contribution in [0.4, 0.5) is 13.2 Å². The van der Waals surface area contributed by atoms with Crippen LogP contribution in [-0.2, 0) is 9.53 Å². The number of alkyl halides is 3. The summed E-state index contributed by atoms with van der Waals surface area (Å²) in [6, 6.07) is 1.57. The number of nitriles is 1. The van der Waals surface area contributed by atoms with Gasteiger partial charge in [0.15, 0.2) is 0 Å². The second kappa shape index (κ2) is 8.89. The Kier molecular flexibility index (Phi) is 6.74. The summed E-state index contributed by atoms with van der Waals surface area (Å²) in [5, 5.41) is 19.8. The van der Waals surface area contributed by atoms with Gasteiger partial charge >= 0.3 is 6.18 Å². The molecule has 0 aliphatic carbocycles. The minimum Gasteiger partial charge on any atom is -0.367 e. The molecule has 0 bridgehead atoms. The Balaban J connectivity index is 1.59. The number of nitrogens with one attached hydrogen (secondary N) is 4. The molecule has 9 nitrogen and oxygen atoms in total. The maximum atomic E-state index is 12.9. The van der Waals surface area contributed by atoms with Gasteiger partial charge in [0.05, 0.1) is 36.5 Å². The van der Waals surface area contributed by atoms with Crippen molar-refractivity contribution in [2.24, 2.45) is 17.6 Å². The lowest BCUT2D eigenvalue weighted by atomic mass is 9.96. The molecule has 3 aliphatic rings. The third kappa shape index (κ3) is 5.11. The van der Waals surface area contributed by atoms with E-state index in [0.717, 1.165) is 0 Å². The quantitative estimate of drug-likeness (QED) is 0.378. The molecule has 1 amide bonds. The van der Waals surface area contributed by atoms with Crippen molar-refractivity contribution in [1.82, 2.24) is 26.4 Å². The molecule has 0 aromatic rings. The van der Waals surface area contributed by atoms with Crippen LogP contribution in [-0.4, -0.2) is 74.4 Å². The molecule has 0 aromatic heterocycles. The molecule has 6 N–H and O–H groups in total. The van der Waals surface area contributed by atoms with Gasteiger partial charge in [-0.1, -0.05) is 0 Å². The van der Waals surface area contributed by atoms with Crippen LogP contribution in [0.5, 0.6) is 0 Å². The molecular formula is C16H26F3N7O2. The number of carbonyl (C=O) groups excluding carboxylic acids is 1. The van der Waals surface area contributed by atoms with E-state index < -0.39 is 37.0 Å². The Bertz CT molecular complexity index is 600. The zero-order valence-corrected chi connectivity index (χ0v) is 15.3. The lowest BCUT2D eigenvalue weighted by Gasteiger charge is -2.37. The number of rotatable bonds is 5. The molecule has 0 spiro atoms. The number of ether oxygens (including phenoxy) is 1. The van der Waals surface area contributed by atoms with Crippen molar-refractivity contribution < 1.29 is 22.7 Å². The lowest BCUT2D eigenvalue weighted by molar-refractivity contribution is -0.190. The molecule has 3 aliphatic heterocycles. The molecule has 6 atom stereocenters. The third-order valence-corrected chi connectivity index (χ3v) is 5.34. The number of fused-ring (bicyclic) bond motifs is 1. The molecule has 0 radical (unpaired) electrons. The third-order valence-electron chi connectivity index (χ3n) is 5.34. The normalized spacial score (nSPS) is 36.5. The Morgan fingerprint density at radius 2 is 2.18 bits per heavy atom. The Morgan fingerprint density at radius 1 is 1.39 bits per heavy atom. The summed E-state index contributed by atoms with van der Waals surface area (Å²) in [5.41, 5.74) is 9.15. The summed E-state index contributed by atoms with van der Waals surface area (Å²) in [6.45, 7) is 0.695. The number of hydrogen-bond donors (Lipinski definition) is 5. The number of carbonyl (C=O) groups is 1. The molecule has 12 heteroatoms. The van der Waals surface area contributed by atoms with Crippen molar-refractivity contribution in [3.8, 4) is 6.07 Å². The van der Waals surface area contributed by atoms with Crippen LogP contribution in [0, 0.1) is 23.2 Å². The van der Waals surface area contributed by atoms with E-state index in [1.165, 1.54) is 0 Å². The highest BCUT2D eigenvalue weighted by Gasteiger charge is 2.47. The zero-order valence-electron chi connectivity index (χ0n) is 15.3. The predicted octanol–water partition coefficient (Wildman–Crippen LogP) is -1.41. The minimum atomic E-state index is -4.41. The van der Waals surface area contributed by atoms with Crippen molar-refractivity contribution in [3.63, 3.8) is 0 Å². The van der Waals surface area contributed by atoms with Crippen molar-refractivity contribution in [3.05, 3.63) is 0 Å². The van der Waals surface area contributed by atoms with Crippen molar-refractivity contribution in [2.45, 2.75) is 43.5 Å². The molecule has 28 heavy (non-hydrogen) atoms. The van der Waals surface area contributed by atoms with Gasteiger partial charge in [-0.3, -0.25) is 10.1 Å². The van der Waals surface area contributed by atoms with E-state index in [9.17, 15) is 18.0 Å². The highest BCUT2D eigenvalue weighted by atomic mass is 19.4. The number of nitrogens with zero attached hydrogens (tertiary/aromatic N) is 2. The van der Waals surface area contributed by atoms with Crippen molar-refractivity contribution in [1.29, 1.82) is 5.26 Å². The molecule has 0 aromatic carbocycles. The summed E-state index contributed by atoms with van der Waals surface area (Å²) in [6.07, 6.45) is -5.33. The van der Waals surface area contributed by atoms with Crippen LogP contribution in [0.25, 0.3) is 0 Å². The molecule has 3 fully saturated rings. The van der Waals surface area contributed by atoms with Crippen LogP contribution >= 0.6 is 0 Å². The number of piperidine rings is 1. The second-order valence-corrected chi connectivity index (χ2v) is 7.49. The minimum absolute atomic E-state index is 0.130. The largest absolute Gasteiger partial charge is 0.411 e.